The Balaban J connectivity index is 1.98. The van der Waals surface area contributed by atoms with Crippen LogP contribution in [-0.4, -0.2) is 22.0 Å². The van der Waals surface area contributed by atoms with Crippen LogP contribution in [0.5, 0.6) is 0 Å². The molecule has 6 heteroatoms. The van der Waals surface area contributed by atoms with Gasteiger partial charge in [0.1, 0.15) is 0 Å². The van der Waals surface area contributed by atoms with Crippen molar-refractivity contribution in [2.75, 3.05) is 13.6 Å². The van der Waals surface area contributed by atoms with Gasteiger partial charge in [0.2, 0.25) is 10.0 Å². The molecule has 2 N–H and O–H groups in total. The Hall–Kier alpha value is -0.620. The molecule has 0 amide bonds. The molecule has 20 heavy (non-hydrogen) atoms. The molecule has 0 radical (unpaired) electrons. The molecule has 0 heterocycles. The molecule has 2 rings (SSSR count). The lowest BCUT2D eigenvalue weighted by Gasteiger charge is -2.25. The Bertz CT molecular complexity index is 556. The summed E-state index contributed by atoms with van der Waals surface area (Å²) in [7, 11) is -1.63. The minimum absolute atomic E-state index is 0.232. The van der Waals surface area contributed by atoms with Crippen molar-refractivity contribution in [1.29, 1.82) is 0 Å². The number of nitrogens with one attached hydrogen (secondary N) is 2. The molecular weight excluding hydrogens is 296 g/mol. The topological polar surface area (TPSA) is 58.2 Å². The van der Waals surface area contributed by atoms with Crippen molar-refractivity contribution >= 4 is 21.6 Å². The van der Waals surface area contributed by atoms with E-state index in [1.54, 1.807) is 12.1 Å². The van der Waals surface area contributed by atoms with Gasteiger partial charge in [-0.3, -0.25) is 0 Å². The van der Waals surface area contributed by atoms with Gasteiger partial charge in [-0.1, -0.05) is 36.9 Å². The number of sulfonamides is 1. The zero-order valence-electron chi connectivity index (χ0n) is 11.7. The minimum Gasteiger partial charge on any atom is -0.316 e. The van der Waals surface area contributed by atoms with E-state index in [1.807, 2.05) is 7.05 Å². The quantitative estimate of drug-likeness (QED) is 0.812. The van der Waals surface area contributed by atoms with Gasteiger partial charge in [-0.05, 0) is 37.1 Å². The van der Waals surface area contributed by atoms with Crippen molar-refractivity contribution in [3.05, 3.63) is 28.8 Å². The normalized spacial score (nSPS) is 16.1. The highest BCUT2D eigenvalue weighted by Gasteiger charge is 2.19. The molecule has 0 aromatic heterocycles. The molecule has 1 aromatic carbocycles. The molecular formula is C14H21ClN2O2S. The summed E-state index contributed by atoms with van der Waals surface area (Å²) >= 11 is 6.10. The molecule has 0 saturated heterocycles. The van der Waals surface area contributed by atoms with Crippen LogP contribution in [-0.2, 0) is 16.6 Å². The van der Waals surface area contributed by atoms with Gasteiger partial charge in [-0.25, -0.2) is 13.1 Å². The Morgan fingerprint density at radius 2 is 2.10 bits per heavy atom. The summed E-state index contributed by atoms with van der Waals surface area (Å²) in [6.07, 6.45) is 4.66. The lowest BCUT2D eigenvalue weighted by atomic mass is 9.83. The molecule has 0 unspecified atom stereocenters. The molecule has 0 atom stereocenters. The van der Waals surface area contributed by atoms with E-state index >= 15 is 0 Å². The van der Waals surface area contributed by atoms with Crippen LogP contribution in [0.15, 0.2) is 23.1 Å². The second-order valence-electron chi connectivity index (χ2n) is 5.27. The standard InChI is InChI=1S/C14H21ClN2O2S/c1-16-10-12-5-6-13(9-14(12)15)20(18,19)17-8-7-11-3-2-4-11/h5-6,9,11,16-17H,2-4,7-8,10H2,1H3. The summed E-state index contributed by atoms with van der Waals surface area (Å²) in [5.74, 6) is 0.694. The maximum absolute atomic E-state index is 12.2. The van der Waals surface area contributed by atoms with Crippen molar-refractivity contribution in [2.45, 2.75) is 37.1 Å². The van der Waals surface area contributed by atoms with Crippen LogP contribution in [0.1, 0.15) is 31.2 Å². The van der Waals surface area contributed by atoms with Gasteiger partial charge in [0, 0.05) is 18.1 Å². The third-order valence-electron chi connectivity index (χ3n) is 3.77. The van der Waals surface area contributed by atoms with E-state index in [0.29, 0.717) is 24.0 Å². The van der Waals surface area contributed by atoms with Crippen LogP contribution in [0.2, 0.25) is 5.02 Å². The maximum Gasteiger partial charge on any atom is 0.240 e. The van der Waals surface area contributed by atoms with Gasteiger partial charge in [0.25, 0.3) is 0 Å². The number of benzene rings is 1. The van der Waals surface area contributed by atoms with Crippen LogP contribution in [0.3, 0.4) is 0 Å². The van der Waals surface area contributed by atoms with Crippen molar-refractivity contribution in [2.24, 2.45) is 5.92 Å². The highest BCUT2D eigenvalue weighted by Crippen LogP contribution is 2.29. The van der Waals surface area contributed by atoms with E-state index in [0.717, 1.165) is 12.0 Å². The predicted molar refractivity (Wildman–Crippen MR) is 81.4 cm³/mol. The molecule has 1 aliphatic rings. The lowest BCUT2D eigenvalue weighted by molar-refractivity contribution is 0.297. The van der Waals surface area contributed by atoms with E-state index in [1.165, 1.54) is 25.3 Å². The van der Waals surface area contributed by atoms with Crippen LogP contribution < -0.4 is 10.0 Å². The van der Waals surface area contributed by atoms with Crippen LogP contribution in [0.25, 0.3) is 0 Å². The largest absolute Gasteiger partial charge is 0.316 e. The van der Waals surface area contributed by atoms with Gasteiger partial charge < -0.3 is 5.32 Å². The fourth-order valence-electron chi connectivity index (χ4n) is 2.29. The van der Waals surface area contributed by atoms with Gasteiger partial charge in [0.05, 0.1) is 4.90 Å². The monoisotopic (exact) mass is 316 g/mol. The van der Waals surface area contributed by atoms with Crippen LogP contribution in [0, 0.1) is 5.92 Å². The number of halogens is 1. The molecule has 1 fully saturated rings. The Morgan fingerprint density at radius 1 is 1.35 bits per heavy atom. The third-order valence-corrected chi connectivity index (χ3v) is 5.58. The third kappa shape index (κ3) is 3.95. The van der Waals surface area contributed by atoms with Gasteiger partial charge in [-0.2, -0.15) is 0 Å². The summed E-state index contributed by atoms with van der Waals surface area (Å²) < 4.78 is 27.0. The SMILES string of the molecule is CNCc1ccc(S(=O)(=O)NCCC2CCC2)cc1Cl. The molecule has 112 valence electrons. The first-order valence-corrected chi connectivity index (χ1v) is 8.82. The average molecular weight is 317 g/mol. The van der Waals surface area contributed by atoms with E-state index in [2.05, 4.69) is 10.0 Å². The van der Waals surface area contributed by atoms with Crippen LogP contribution in [0.4, 0.5) is 0 Å². The summed E-state index contributed by atoms with van der Waals surface area (Å²) in [4.78, 5) is 0.232. The van der Waals surface area contributed by atoms with Gasteiger partial charge in [0.15, 0.2) is 0 Å². The first-order chi connectivity index (χ1) is 9.53. The van der Waals surface area contributed by atoms with Crippen LogP contribution >= 0.6 is 11.6 Å². The highest BCUT2D eigenvalue weighted by atomic mass is 35.5. The van der Waals surface area contributed by atoms with Crippen molar-refractivity contribution < 1.29 is 8.42 Å². The summed E-state index contributed by atoms with van der Waals surface area (Å²) in [5, 5.41) is 3.47. The Labute approximate surface area is 126 Å². The lowest BCUT2D eigenvalue weighted by Crippen LogP contribution is -2.27. The highest BCUT2D eigenvalue weighted by molar-refractivity contribution is 7.89. The van der Waals surface area contributed by atoms with Gasteiger partial charge in [-0.15, -0.1) is 0 Å². The first kappa shape index (κ1) is 15.8. The first-order valence-electron chi connectivity index (χ1n) is 6.95. The molecule has 4 nitrogen and oxygen atoms in total. The molecule has 1 aliphatic carbocycles. The molecule has 0 bridgehead atoms. The van der Waals surface area contributed by atoms with Gasteiger partial charge >= 0.3 is 0 Å². The van der Waals surface area contributed by atoms with E-state index < -0.39 is 10.0 Å². The fraction of sp³-hybridized carbons (Fsp3) is 0.571. The van der Waals surface area contributed by atoms with Crippen molar-refractivity contribution in [1.82, 2.24) is 10.0 Å². The summed E-state index contributed by atoms with van der Waals surface area (Å²) in [6.45, 7) is 1.12. The molecule has 1 saturated carbocycles. The smallest absolute Gasteiger partial charge is 0.240 e. The minimum atomic E-state index is -3.45. The fourth-order valence-corrected chi connectivity index (χ4v) is 3.68. The zero-order valence-corrected chi connectivity index (χ0v) is 13.2. The maximum atomic E-state index is 12.2. The Morgan fingerprint density at radius 3 is 2.65 bits per heavy atom. The van der Waals surface area contributed by atoms with Crippen molar-refractivity contribution in [3.63, 3.8) is 0 Å². The number of hydrogen-bond donors (Lipinski definition) is 2. The molecule has 0 aliphatic heterocycles. The second-order valence-corrected chi connectivity index (χ2v) is 7.44. The second kappa shape index (κ2) is 6.89. The summed E-state index contributed by atoms with van der Waals surface area (Å²) in [5.41, 5.74) is 0.891. The van der Waals surface area contributed by atoms with E-state index in [-0.39, 0.29) is 4.90 Å². The Kier molecular flexibility index (Phi) is 5.43. The van der Waals surface area contributed by atoms with E-state index in [9.17, 15) is 8.42 Å². The number of rotatable bonds is 7. The van der Waals surface area contributed by atoms with E-state index in [4.69, 9.17) is 11.6 Å². The van der Waals surface area contributed by atoms with Crippen molar-refractivity contribution in [3.8, 4) is 0 Å². The summed E-state index contributed by atoms with van der Waals surface area (Å²) in [6, 6.07) is 4.86. The average Bonchev–Trinajstić information content (AvgIpc) is 2.35. The predicted octanol–water partition coefficient (Wildman–Crippen LogP) is 2.53. The zero-order chi connectivity index (χ0) is 14.6. The number of hydrogen-bond acceptors (Lipinski definition) is 3. The molecule has 1 aromatic rings. The molecule has 0 spiro atoms.